The number of ether oxygens (including phenoxy) is 1. The number of nitrogens with zero attached hydrogens (tertiary/aromatic N) is 1. The maximum atomic E-state index is 13.2. The molecule has 0 unspecified atom stereocenters. The molecule has 0 atom stereocenters. The van der Waals surface area contributed by atoms with E-state index in [1.165, 1.54) is 18.2 Å². The fraction of sp³-hybridized carbons (Fsp3) is 0.316. The first-order valence-electron chi connectivity index (χ1n) is 8.64. The molecule has 0 aromatic heterocycles. The van der Waals surface area contributed by atoms with Crippen LogP contribution < -0.4 is 20.7 Å². The molecule has 2 aromatic rings. The van der Waals surface area contributed by atoms with Gasteiger partial charge in [0.25, 0.3) is 5.91 Å². The summed E-state index contributed by atoms with van der Waals surface area (Å²) < 4.78 is 45.8. The number of alkyl halides is 3. The van der Waals surface area contributed by atoms with Crippen LogP contribution in [0.25, 0.3) is 0 Å². The van der Waals surface area contributed by atoms with Gasteiger partial charge in [0, 0.05) is 36.2 Å². The Kier molecular flexibility index (Phi) is 6.14. The Labute approximate surface area is 168 Å². The second-order valence-corrected chi connectivity index (χ2v) is 7.26. The highest BCUT2D eigenvalue weighted by molar-refractivity contribution is 9.10. The summed E-state index contributed by atoms with van der Waals surface area (Å²) in [5, 5.41) is 3.22. The largest absolute Gasteiger partial charge is 0.488 e. The summed E-state index contributed by atoms with van der Waals surface area (Å²) in [6.07, 6.45) is -4.52. The third-order valence-electron chi connectivity index (χ3n) is 4.43. The molecule has 28 heavy (non-hydrogen) atoms. The zero-order valence-electron chi connectivity index (χ0n) is 14.9. The summed E-state index contributed by atoms with van der Waals surface area (Å²) in [4.78, 5) is 14.0. The summed E-state index contributed by atoms with van der Waals surface area (Å²) in [6, 6.07) is 8.40. The Hall–Kier alpha value is -2.26. The van der Waals surface area contributed by atoms with Crippen LogP contribution in [0.3, 0.4) is 0 Å². The van der Waals surface area contributed by atoms with Crippen LogP contribution in [0.1, 0.15) is 21.5 Å². The number of rotatable bonds is 5. The smallest absolute Gasteiger partial charge is 0.419 e. The fourth-order valence-corrected chi connectivity index (χ4v) is 3.70. The molecule has 2 aromatic carbocycles. The lowest BCUT2D eigenvalue weighted by Crippen LogP contribution is -2.44. The third kappa shape index (κ3) is 4.59. The highest BCUT2D eigenvalue weighted by Gasteiger charge is 2.34. The summed E-state index contributed by atoms with van der Waals surface area (Å²) >= 11 is 3.34. The number of hydrogen-bond donors (Lipinski definition) is 2. The number of anilines is 1. The first-order chi connectivity index (χ1) is 13.3. The van der Waals surface area contributed by atoms with E-state index in [0.29, 0.717) is 34.4 Å². The Bertz CT molecular complexity index is 868. The van der Waals surface area contributed by atoms with Crippen LogP contribution in [0.5, 0.6) is 5.75 Å². The van der Waals surface area contributed by atoms with Gasteiger partial charge in [-0.2, -0.15) is 13.2 Å². The molecule has 5 nitrogen and oxygen atoms in total. The highest BCUT2D eigenvalue weighted by atomic mass is 79.9. The van der Waals surface area contributed by atoms with E-state index in [2.05, 4.69) is 21.2 Å². The van der Waals surface area contributed by atoms with Gasteiger partial charge in [-0.15, -0.1) is 0 Å². The molecule has 3 N–H and O–H groups in total. The van der Waals surface area contributed by atoms with E-state index in [0.717, 1.165) is 19.2 Å². The lowest BCUT2D eigenvalue weighted by molar-refractivity contribution is -0.139. The molecule has 0 aliphatic carbocycles. The number of nitrogens with two attached hydrogens (primary N) is 1. The molecule has 0 radical (unpaired) electrons. The van der Waals surface area contributed by atoms with Crippen molar-refractivity contribution in [2.75, 3.05) is 31.1 Å². The standard InChI is InChI=1S/C19H19BrF3N3O2/c20-13-9-12(11-28-16-4-2-1-3-15(16)19(21,22)23)17(14(10-13)18(24)27)26-7-5-25-6-8-26/h1-4,9-10,25H,5-8,11H2,(H2,24,27). The van der Waals surface area contributed by atoms with E-state index in [-0.39, 0.29) is 12.4 Å². The number of carbonyl (C=O) groups is 1. The van der Waals surface area contributed by atoms with Gasteiger partial charge in [0.2, 0.25) is 0 Å². The Balaban J connectivity index is 1.97. The van der Waals surface area contributed by atoms with Gasteiger partial charge in [-0.1, -0.05) is 28.1 Å². The lowest BCUT2D eigenvalue weighted by atomic mass is 10.0. The summed E-state index contributed by atoms with van der Waals surface area (Å²) in [5.41, 5.74) is 6.20. The van der Waals surface area contributed by atoms with Crippen molar-refractivity contribution in [1.82, 2.24) is 5.32 Å². The molecule has 1 saturated heterocycles. The van der Waals surface area contributed by atoms with Crippen molar-refractivity contribution >= 4 is 27.5 Å². The average Bonchev–Trinajstić information content (AvgIpc) is 2.66. The monoisotopic (exact) mass is 457 g/mol. The number of carbonyl (C=O) groups excluding carboxylic acids is 1. The molecule has 1 amide bonds. The minimum atomic E-state index is -4.52. The first kappa shape index (κ1) is 20.5. The predicted molar refractivity (Wildman–Crippen MR) is 104 cm³/mol. The Morgan fingerprint density at radius 3 is 2.54 bits per heavy atom. The van der Waals surface area contributed by atoms with E-state index in [1.807, 2.05) is 4.90 Å². The SMILES string of the molecule is NC(=O)c1cc(Br)cc(COc2ccccc2C(F)(F)F)c1N1CCNCC1. The second kappa shape index (κ2) is 8.40. The summed E-state index contributed by atoms with van der Waals surface area (Å²) in [7, 11) is 0. The Morgan fingerprint density at radius 2 is 1.89 bits per heavy atom. The molecule has 1 aliphatic heterocycles. The molecular formula is C19H19BrF3N3O2. The van der Waals surface area contributed by atoms with Crippen molar-refractivity contribution in [2.45, 2.75) is 12.8 Å². The van der Waals surface area contributed by atoms with Gasteiger partial charge in [-0.05, 0) is 24.3 Å². The molecule has 150 valence electrons. The van der Waals surface area contributed by atoms with E-state index in [4.69, 9.17) is 10.5 Å². The van der Waals surface area contributed by atoms with Crippen LogP contribution in [0.15, 0.2) is 40.9 Å². The third-order valence-corrected chi connectivity index (χ3v) is 4.89. The van der Waals surface area contributed by atoms with E-state index < -0.39 is 17.6 Å². The highest BCUT2D eigenvalue weighted by Crippen LogP contribution is 2.37. The van der Waals surface area contributed by atoms with Crippen molar-refractivity contribution in [2.24, 2.45) is 5.73 Å². The van der Waals surface area contributed by atoms with Gasteiger partial charge < -0.3 is 20.7 Å². The Morgan fingerprint density at radius 1 is 1.21 bits per heavy atom. The first-order valence-corrected chi connectivity index (χ1v) is 9.43. The summed E-state index contributed by atoms with van der Waals surface area (Å²) in [6.45, 7) is 2.62. The number of nitrogens with one attached hydrogen (secondary N) is 1. The maximum absolute atomic E-state index is 13.2. The minimum absolute atomic E-state index is 0.133. The van der Waals surface area contributed by atoms with Crippen LogP contribution >= 0.6 is 15.9 Å². The molecule has 1 aliphatic rings. The molecule has 1 fully saturated rings. The lowest BCUT2D eigenvalue weighted by Gasteiger charge is -2.32. The number of primary amides is 1. The van der Waals surface area contributed by atoms with E-state index in [1.54, 1.807) is 12.1 Å². The zero-order chi connectivity index (χ0) is 20.3. The number of hydrogen-bond acceptors (Lipinski definition) is 4. The summed E-state index contributed by atoms with van der Waals surface area (Å²) in [5.74, 6) is -0.867. The van der Waals surface area contributed by atoms with Crippen molar-refractivity contribution in [3.8, 4) is 5.75 Å². The molecule has 3 rings (SSSR count). The molecule has 0 spiro atoms. The zero-order valence-corrected chi connectivity index (χ0v) is 16.4. The van der Waals surface area contributed by atoms with Gasteiger partial charge in [0.05, 0.1) is 16.8 Å². The number of benzene rings is 2. The van der Waals surface area contributed by atoms with Crippen molar-refractivity contribution < 1.29 is 22.7 Å². The van der Waals surface area contributed by atoms with Crippen LogP contribution in [-0.4, -0.2) is 32.1 Å². The molecule has 0 saturated carbocycles. The van der Waals surface area contributed by atoms with Gasteiger partial charge >= 0.3 is 6.18 Å². The normalized spacial score (nSPS) is 14.8. The van der Waals surface area contributed by atoms with Crippen molar-refractivity contribution in [3.63, 3.8) is 0 Å². The van der Waals surface area contributed by atoms with Crippen LogP contribution in [0.2, 0.25) is 0 Å². The van der Waals surface area contributed by atoms with Crippen LogP contribution in [0, 0.1) is 0 Å². The van der Waals surface area contributed by atoms with Gasteiger partial charge in [-0.3, -0.25) is 4.79 Å². The minimum Gasteiger partial charge on any atom is -0.488 e. The van der Waals surface area contributed by atoms with Gasteiger partial charge in [0.1, 0.15) is 12.4 Å². The van der Waals surface area contributed by atoms with Crippen LogP contribution in [0.4, 0.5) is 18.9 Å². The van der Waals surface area contributed by atoms with Gasteiger partial charge in [-0.25, -0.2) is 0 Å². The molecule has 1 heterocycles. The number of para-hydroxylation sites is 1. The van der Waals surface area contributed by atoms with E-state index in [9.17, 15) is 18.0 Å². The molecule has 9 heteroatoms. The molecule has 0 bridgehead atoms. The second-order valence-electron chi connectivity index (χ2n) is 6.34. The topological polar surface area (TPSA) is 67.6 Å². The van der Waals surface area contributed by atoms with Crippen molar-refractivity contribution in [3.05, 3.63) is 57.6 Å². The average molecular weight is 458 g/mol. The quantitative estimate of drug-likeness (QED) is 0.720. The maximum Gasteiger partial charge on any atom is 0.419 e. The molecular weight excluding hydrogens is 439 g/mol. The number of halogens is 4. The predicted octanol–water partition coefficient (Wildman–Crippen LogP) is 3.56. The van der Waals surface area contributed by atoms with Gasteiger partial charge in [0.15, 0.2) is 0 Å². The van der Waals surface area contributed by atoms with E-state index >= 15 is 0 Å². The van der Waals surface area contributed by atoms with Crippen LogP contribution in [-0.2, 0) is 12.8 Å². The number of piperazine rings is 1. The fourth-order valence-electron chi connectivity index (χ4n) is 3.20. The van der Waals surface area contributed by atoms with Crippen molar-refractivity contribution in [1.29, 1.82) is 0 Å². The number of amides is 1.